The Kier molecular flexibility index (Phi) is 6.21. The molecule has 0 radical (unpaired) electrons. The smallest absolute Gasteiger partial charge is 0.320 e. The number of carboxylic acid groups (broad SMARTS) is 1. The summed E-state index contributed by atoms with van der Waals surface area (Å²) in [5.41, 5.74) is 3.23. The van der Waals surface area contributed by atoms with Crippen LogP contribution in [0.4, 0.5) is 4.39 Å². The Balaban J connectivity index is 1.92. The van der Waals surface area contributed by atoms with Crippen molar-refractivity contribution < 1.29 is 14.3 Å². The zero-order chi connectivity index (χ0) is 20.1. The topological polar surface area (TPSA) is 67.2 Å². The van der Waals surface area contributed by atoms with Crippen LogP contribution in [0.2, 0.25) is 0 Å². The quantitative estimate of drug-likeness (QED) is 0.612. The van der Waals surface area contributed by atoms with Crippen LogP contribution in [0.25, 0.3) is 16.9 Å². The predicted molar refractivity (Wildman–Crippen MR) is 107 cm³/mol. The van der Waals surface area contributed by atoms with E-state index in [2.05, 4.69) is 10.4 Å². The van der Waals surface area contributed by atoms with E-state index in [4.69, 9.17) is 0 Å². The molecule has 1 unspecified atom stereocenters. The van der Waals surface area contributed by atoms with Crippen LogP contribution < -0.4 is 5.32 Å². The van der Waals surface area contributed by atoms with Crippen molar-refractivity contribution in [2.75, 3.05) is 0 Å². The van der Waals surface area contributed by atoms with Crippen molar-refractivity contribution in [1.29, 1.82) is 0 Å². The van der Waals surface area contributed by atoms with Gasteiger partial charge in [0.05, 0.1) is 11.4 Å². The highest BCUT2D eigenvalue weighted by Gasteiger charge is 2.20. The lowest BCUT2D eigenvalue weighted by atomic mass is 10.0. The number of para-hydroxylation sites is 1. The molecule has 3 aromatic rings. The minimum Gasteiger partial charge on any atom is -0.480 e. The Morgan fingerprint density at radius 3 is 2.43 bits per heavy atom. The van der Waals surface area contributed by atoms with Gasteiger partial charge >= 0.3 is 5.97 Å². The predicted octanol–water partition coefficient (Wildman–Crippen LogP) is 4.27. The van der Waals surface area contributed by atoms with E-state index in [1.807, 2.05) is 50.4 Å². The molecule has 28 heavy (non-hydrogen) atoms. The number of nitrogens with zero attached hydrogens (tertiary/aromatic N) is 2. The number of aromatic nitrogens is 2. The fraction of sp³-hybridized carbons (Fsp3) is 0.273. The molecule has 0 aliphatic carbocycles. The van der Waals surface area contributed by atoms with Gasteiger partial charge in [0, 0.05) is 23.9 Å². The van der Waals surface area contributed by atoms with E-state index < -0.39 is 12.0 Å². The molecule has 1 aromatic heterocycles. The highest BCUT2D eigenvalue weighted by atomic mass is 19.1. The Hall–Kier alpha value is -2.99. The van der Waals surface area contributed by atoms with Crippen LogP contribution >= 0.6 is 0 Å². The van der Waals surface area contributed by atoms with Crippen LogP contribution in [-0.2, 0) is 11.3 Å². The van der Waals surface area contributed by atoms with Gasteiger partial charge < -0.3 is 10.4 Å². The Morgan fingerprint density at radius 2 is 1.82 bits per heavy atom. The second-order valence-electron chi connectivity index (χ2n) is 7.19. The average molecular weight is 381 g/mol. The summed E-state index contributed by atoms with van der Waals surface area (Å²) >= 11 is 0. The fourth-order valence-electron chi connectivity index (χ4n) is 3.08. The number of nitrogens with one attached hydrogen (secondary N) is 1. The summed E-state index contributed by atoms with van der Waals surface area (Å²) in [4.78, 5) is 11.6. The van der Waals surface area contributed by atoms with Crippen molar-refractivity contribution in [2.45, 2.75) is 32.9 Å². The molecule has 2 aromatic carbocycles. The number of carbonyl (C=O) groups is 1. The van der Waals surface area contributed by atoms with Gasteiger partial charge in [-0.25, -0.2) is 9.07 Å². The van der Waals surface area contributed by atoms with Gasteiger partial charge in [0.25, 0.3) is 0 Å². The molecule has 2 N–H and O–H groups in total. The third kappa shape index (κ3) is 4.84. The lowest BCUT2D eigenvalue weighted by Gasteiger charge is -2.16. The van der Waals surface area contributed by atoms with Crippen LogP contribution in [0.5, 0.6) is 0 Å². The van der Waals surface area contributed by atoms with Crippen molar-refractivity contribution in [2.24, 2.45) is 5.92 Å². The summed E-state index contributed by atoms with van der Waals surface area (Å²) in [5, 5.41) is 17.3. The van der Waals surface area contributed by atoms with Gasteiger partial charge in [0.15, 0.2) is 0 Å². The van der Waals surface area contributed by atoms with E-state index in [0.29, 0.717) is 18.7 Å². The van der Waals surface area contributed by atoms with E-state index >= 15 is 0 Å². The first-order chi connectivity index (χ1) is 13.4. The van der Waals surface area contributed by atoms with Crippen molar-refractivity contribution in [3.63, 3.8) is 0 Å². The monoisotopic (exact) mass is 381 g/mol. The largest absolute Gasteiger partial charge is 0.480 e. The standard InChI is InChI=1S/C22H24FN3O2/c1-15(2)12-20(22(27)28)24-13-17-14-26(19-6-4-3-5-7-19)25-21(17)16-8-10-18(23)11-9-16/h3-11,14-15,20,24H,12-13H2,1-2H3,(H,27,28). The minimum atomic E-state index is -0.868. The SMILES string of the molecule is CC(C)CC(NCc1cn(-c2ccccc2)nc1-c1ccc(F)cc1)C(=O)O. The highest BCUT2D eigenvalue weighted by molar-refractivity contribution is 5.73. The summed E-state index contributed by atoms with van der Waals surface area (Å²) in [6.45, 7) is 4.34. The minimum absolute atomic E-state index is 0.261. The third-order valence-electron chi connectivity index (χ3n) is 4.47. The Bertz CT molecular complexity index is 921. The van der Waals surface area contributed by atoms with Crippen LogP contribution in [0, 0.1) is 11.7 Å². The molecular formula is C22H24FN3O2. The van der Waals surface area contributed by atoms with Crippen molar-refractivity contribution in [1.82, 2.24) is 15.1 Å². The van der Waals surface area contributed by atoms with Crippen LogP contribution in [-0.4, -0.2) is 26.9 Å². The van der Waals surface area contributed by atoms with Gasteiger partial charge in [-0.15, -0.1) is 0 Å². The lowest BCUT2D eigenvalue weighted by Crippen LogP contribution is -2.37. The van der Waals surface area contributed by atoms with Gasteiger partial charge in [-0.2, -0.15) is 5.10 Å². The van der Waals surface area contributed by atoms with Crippen molar-refractivity contribution in [3.8, 4) is 16.9 Å². The number of hydrogen-bond acceptors (Lipinski definition) is 3. The summed E-state index contributed by atoms with van der Waals surface area (Å²) in [6, 6.07) is 15.2. The molecule has 5 nitrogen and oxygen atoms in total. The first-order valence-corrected chi connectivity index (χ1v) is 9.30. The van der Waals surface area contributed by atoms with E-state index in [1.54, 1.807) is 16.8 Å². The molecule has 3 rings (SSSR count). The van der Waals surface area contributed by atoms with Gasteiger partial charge in [-0.1, -0.05) is 32.0 Å². The zero-order valence-corrected chi connectivity index (χ0v) is 16.0. The maximum absolute atomic E-state index is 13.3. The molecule has 0 aliphatic heterocycles. The molecule has 0 bridgehead atoms. The van der Waals surface area contributed by atoms with E-state index in [0.717, 1.165) is 16.8 Å². The molecule has 6 heteroatoms. The molecule has 0 spiro atoms. The highest BCUT2D eigenvalue weighted by Crippen LogP contribution is 2.24. The molecule has 0 saturated heterocycles. The van der Waals surface area contributed by atoms with E-state index in [9.17, 15) is 14.3 Å². The lowest BCUT2D eigenvalue weighted by molar-refractivity contribution is -0.140. The van der Waals surface area contributed by atoms with Crippen LogP contribution in [0.15, 0.2) is 60.8 Å². The number of hydrogen-bond donors (Lipinski definition) is 2. The molecule has 0 fully saturated rings. The van der Waals surface area contributed by atoms with Crippen molar-refractivity contribution >= 4 is 5.97 Å². The number of rotatable bonds is 8. The maximum atomic E-state index is 13.3. The summed E-state index contributed by atoms with van der Waals surface area (Å²) in [7, 11) is 0. The molecular weight excluding hydrogens is 357 g/mol. The van der Waals surface area contributed by atoms with Crippen LogP contribution in [0.3, 0.4) is 0 Å². The molecule has 0 amide bonds. The molecule has 146 valence electrons. The first kappa shape index (κ1) is 19.8. The van der Waals surface area contributed by atoms with Gasteiger partial charge in [0.1, 0.15) is 11.9 Å². The zero-order valence-electron chi connectivity index (χ0n) is 16.0. The molecule has 0 saturated carbocycles. The first-order valence-electron chi connectivity index (χ1n) is 9.30. The summed E-state index contributed by atoms with van der Waals surface area (Å²) in [5.74, 6) is -0.918. The normalized spacial score (nSPS) is 12.3. The number of benzene rings is 2. The number of aliphatic carboxylic acids is 1. The third-order valence-corrected chi connectivity index (χ3v) is 4.47. The van der Waals surface area contributed by atoms with E-state index in [-0.39, 0.29) is 11.7 Å². The van der Waals surface area contributed by atoms with Gasteiger partial charge in [0.2, 0.25) is 0 Å². The summed E-state index contributed by atoms with van der Waals surface area (Å²) < 4.78 is 15.1. The van der Waals surface area contributed by atoms with Gasteiger partial charge in [-0.3, -0.25) is 4.79 Å². The molecule has 1 heterocycles. The van der Waals surface area contributed by atoms with Crippen molar-refractivity contribution in [3.05, 3.63) is 72.2 Å². The van der Waals surface area contributed by atoms with Crippen LogP contribution in [0.1, 0.15) is 25.8 Å². The second kappa shape index (κ2) is 8.80. The number of carboxylic acids is 1. The Morgan fingerprint density at radius 1 is 1.14 bits per heavy atom. The number of halogens is 1. The molecule has 0 aliphatic rings. The molecule has 1 atom stereocenters. The van der Waals surface area contributed by atoms with Gasteiger partial charge in [-0.05, 0) is 48.7 Å². The maximum Gasteiger partial charge on any atom is 0.320 e. The summed E-state index contributed by atoms with van der Waals surface area (Å²) in [6.07, 6.45) is 2.42. The second-order valence-corrected chi connectivity index (χ2v) is 7.19. The Labute approximate surface area is 163 Å². The fourth-order valence-corrected chi connectivity index (χ4v) is 3.08. The van der Waals surface area contributed by atoms with E-state index in [1.165, 1.54) is 12.1 Å². The average Bonchev–Trinajstić information content (AvgIpc) is 3.10.